The van der Waals surface area contributed by atoms with E-state index in [0.717, 1.165) is 48.2 Å². The van der Waals surface area contributed by atoms with Crippen molar-refractivity contribution in [2.75, 3.05) is 7.11 Å². The van der Waals surface area contributed by atoms with Crippen molar-refractivity contribution in [2.24, 2.45) is 17.6 Å². The molecule has 1 aliphatic carbocycles. The molecule has 1 fully saturated rings. The average Bonchev–Trinajstić information content (AvgIpc) is 2.34. The number of hydrogen-bond acceptors (Lipinski definition) is 3. The molecule has 1 saturated carbocycles. The van der Waals surface area contributed by atoms with Gasteiger partial charge in [0.25, 0.3) is 0 Å². The predicted octanol–water partition coefficient (Wildman–Crippen LogP) is 3.28. The van der Waals surface area contributed by atoms with Crippen LogP contribution in [0.3, 0.4) is 0 Å². The fourth-order valence-corrected chi connectivity index (χ4v) is 3.44. The first-order valence-corrected chi connectivity index (χ1v) is 7.15. The van der Waals surface area contributed by atoms with Gasteiger partial charge in [0.1, 0.15) is 17.1 Å². The molecule has 1 heterocycles. The summed E-state index contributed by atoms with van der Waals surface area (Å²) >= 11 is 0. The van der Waals surface area contributed by atoms with Crippen LogP contribution in [0, 0.1) is 11.8 Å². The Kier molecular flexibility index (Phi) is 2.97. The van der Waals surface area contributed by atoms with Crippen LogP contribution in [0.2, 0.25) is 0 Å². The summed E-state index contributed by atoms with van der Waals surface area (Å²) in [4.78, 5) is 0. The first-order chi connectivity index (χ1) is 9.03. The van der Waals surface area contributed by atoms with Crippen LogP contribution in [-0.2, 0) is 0 Å². The molecule has 104 valence electrons. The van der Waals surface area contributed by atoms with Gasteiger partial charge in [0.15, 0.2) is 0 Å². The molecule has 0 radical (unpaired) electrons. The highest BCUT2D eigenvalue weighted by Crippen LogP contribution is 2.53. The lowest BCUT2D eigenvalue weighted by atomic mass is 9.62. The zero-order chi connectivity index (χ0) is 13.6. The molecule has 0 amide bonds. The molecule has 0 aromatic heterocycles. The topological polar surface area (TPSA) is 44.5 Å². The monoisotopic (exact) mass is 261 g/mol. The average molecular weight is 261 g/mol. The Morgan fingerprint density at radius 1 is 1.32 bits per heavy atom. The van der Waals surface area contributed by atoms with Crippen LogP contribution in [0.4, 0.5) is 0 Å². The van der Waals surface area contributed by atoms with Gasteiger partial charge in [-0.1, -0.05) is 19.9 Å². The van der Waals surface area contributed by atoms with Crippen molar-refractivity contribution < 1.29 is 9.47 Å². The molecule has 1 aromatic carbocycles. The second-order valence-corrected chi connectivity index (χ2v) is 6.41. The van der Waals surface area contributed by atoms with E-state index in [0.29, 0.717) is 0 Å². The molecule has 2 N–H and O–H groups in total. The van der Waals surface area contributed by atoms with Crippen LogP contribution in [-0.4, -0.2) is 12.7 Å². The molecule has 19 heavy (non-hydrogen) atoms. The quantitative estimate of drug-likeness (QED) is 0.888. The number of nitrogens with two attached hydrogens (primary N) is 1. The number of hydrogen-bond donors (Lipinski definition) is 1. The minimum absolute atomic E-state index is 0.0201. The van der Waals surface area contributed by atoms with Crippen LogP contribution >= 0.6 is 0 Å². The third-order valence-corrected chi connectivity index (χ3v) is 4.75. The standard InChI is InChI=1S/C16H23NO2/c1-10(2)11-7-16(8-11)9-14(17)13-5-4-12(18-3)6-15(13)19-16/h4-6,10-11,14H,7-9,17H2,1-3H3. The molecule has 0 bridgehead atoms. The van der Waals surface area contributed by atoms with E-state index in [-0.39, 0.29) is 11.6 Å². The Balaban J connectivity index is 1.84. The maximum Gasteiger partial charge on any atom is 0.128 e. The number of benzene rings is 1. The highest BCUT2D eigenvalue weighted by molar-refractivity contribution is 5.44. The van der Waals surface area contributed by atoms with E-state index in [1.807, 2.05) is 18.2 Å². The van der Waals surface area contributed by atoms with E-state index in [2.05, 4.69) is 13.8 Å². The minimum atomic E-state index is -0.0201. The summed E-state index contributed by atoms with van der Waals surface area (Å²) in [5.74, 6) is 3.26. The van der Waals surface area contributed by atoms with Crippen LogP contribution in [0.25, 0.3) is 0 Å². The zero-order valence-electron chi connectivity index (χ0n) is 12.0. The smallest absolute Gasteiger partial charge is 0.128 e. The van der Waals surface area contributed by atoms with Gasteiger partial charge in [-0.3, -0.25) is 0 Å². The molecule has 1 aromatic rings. The normalized spacial score (nSPS) is 32.7. The van der Waals surface area contributed by atoms with Gasteiger partial charge in [0.2, 0.25) is 0 Å². The third kappa shape index (κ3) is 2.10. The summed E-state index contributed by atoms with van der Waals surface area (Å²) in [6.45, 7) is 4.58. The second kappa shape index (κ2) is 4.41. The van der Waals surface area contributed by atoms with Crippen molar-refractivity contribution in [1.29, 1.82) is 0 Å². The van der Waals surface area contributed by atoms with Gasteiger partial charge in [-0.15, -0.1) is 0 Å². The third-order valence-electron chi connectivity index (χ3n) is 4.75. The molecular weight excluding hydrogens is 238 g/mol. The van der Waals surface area contributed by atoms with E-state index in [1.165, 1.54) is 0 Å². The van der Waals surface area contributed by atoms with Gasteiger partial charge in [-0.25, -0.2) is 0 Å². The highest BCUT2D eigenvalue weighted by Gasteiger charge is 2.50. The molecule has 0 saturated heterocycles. The molecule has 1 aliphatic heterocycles. The molecule has 3 heteroatoms. The summed E-state index contributed by atoms with van der Waals surface area (Å²) < 4.78 is 11.6. The molecular formula is C16H23NO2. The van der Waals surface area contributed by atoms with Crippen LogP contribution in [0.15, 0.2) is 18.2 Å². The van der Waals surface area contributed by atoms with Crippen LogP contribution < -0.4 is 15.2 Å². The van der Waals surface area contributed by atoms with E-state index < -0.39 is 0 Å². The Morgan fingerprint density at radius 3 is 2.68 bits per heavy atom. The Labute approximate surface area is 115 Å². The lowest BCUT2D eigenvalue weighted by Gasteiger charge is -2.52. The van der Waals surface area contributed by atoms with E-state index in [9.17, 15) is 0 Å². The van der Waals surface area contributed by atoms with Gasteiger partial charge in [-0.05, 0) is 30.7 Å². The van der Waals surface area contributed by atoms with Crippen molar-refractivity contribution >= 4 is 0 Å². The van der Waals surface area contributed by atoms with Gasteiger partial charge >= 0.3 is 0 Å². The van der Waals surface area contributed by atoms with E-state index in [1.54, 1.807) is 7.11 Å². The van der Waals surface area contributed by atoms with Gasteiger partial charge in [-0.2, -0.15) is 0 Å². The Bertz CT molecular complexity index is 478. The molecule has 1 spiro atoms. The summed E-state index contributed by atoms with van der Waals surface area (Å²) in [6, 6.07) is 6.05. The SMILES string of the molecule is COc1ccc2c(c1)OC1(CC2N)CC(C(C)C)C1. The number of rotatable bonds is 2. The fraction of sp³-hybridized carbons (Fsp3) is 0.625. The first-order valence-electron chi connectivity index (χ1n) is 7.15. The largest absolute Gasteiger partial charge is 0.497 e. The maximum absolute atomic E-state index is 6.32. The number of fused-ring (bicyclic) bond motifs is 1. The van der Waals surface area contributed by atoms with E-state index in [4.69, 9.17) is 15.2 Å². The maximum atomic E-state index is 6.32. The fourth-order valence-electron chi connectivity index (χ4n) is 3.44. The van der Waals surface area contributed by atoms with Crippen molar-refractivity contribution in [1.82, 2.24) is 0 Å². The van der Waals surface area contributed by atoms with Crippen molar-refractivity contribution in [2.45, 2.75) is 44.8 Å². The van der Waals surface area contributed by atoms with Gasteiger partial charge in [0.05, 0.1) is 7.11 Å². The van der Waals surface area contributed by atoms with Crippen molar-refractivity contribution in [3.63, 3.8) is 0 Å². The summed E-state index contributed by atoms with van der Waals surface area (Å²) in [5.41, 5.74) is 7.41. The van der Waals surface area contributed by atoms with Crippen molar-refractivity contribution in [3.05, 3.63) is 23.8 Å². The second-order valence-electron chi connectivity index (χ2n) is 6.41. The number of methoxy groups -OCH3 is 1. The summed E-state index contributed by atoms with van der Waals surface area (Å²) in [6.07, 6.45) is 3.21. The predicted molar refractivity (Wildman–Crippen MR) is 75.5 cm³/mol. The van der Waals surface area contributed by atoms with Crippen LogP contribution in [0.1, 0.15) is 44.7 Å². The molecule has 1 unspecified atom stereocenters. The van der Waals surface area contributed by atoms with Gasteiger partial charge in [0, 0.05) is 24.1 Å². The van der Waals surface area contributed by atoms with Gasteiger partial charge < -0.3 is 15.2 Å². The Morgan fingerprint density at radius 2 is 2.05 bits per heavy atom. The summed E-state index contributed by atoms with van der Waals surface area (Å²) in [7, 11) is 1.68. The minimum Gasteiger partial charge on any atom is -0.497 e. The molecule has 3 rings (SSSR count). The highest BCUT2D eigenvalue weighted by atomic mass is 16.5. The van der Waals surface area contributed by atoms with Crippen molar-refractivity contribution in [3.8, 4) is 11.5 Å². The molecule has 1 atom stereocenters. The molecule has 2 aliphatic rings. The Hall–Kier alpha value is -1.22. The first kappa shape index (κ1) is 12.8. The zero-order valence-corrected chi connectivity index (χ0v) is 12.0. The molecule has 3 nitrogen and oxygen atoms in total. The summed E-state index contributed by atoms with van der Waals surface area (Å²) in [5, 5.41) is 0. The lowest BCUT2D eigenvalue weighted by molar-refractivity contribution is -0.0846. The van der Waals surface area contributed by atoms with Crippen LogP contribution in [0.5, 0.6) is 11.5 Å². The van der Waals surface area contributed by atoms with E-state index >= 15 is 0 Å². The lowest BCUT2D eigenvalue weighted by Crippen LogP contribution is -2.53. The number of ether oxygens (including phenoxy) is 2.